The van der Waals surface area contributed by atoms with E-state index in [2.05, 4.69) is 13.8 Å². The largest absolute Gasteiger partial charge is 0.479 e. The van der Waals surface area contributed by atoms with Gasteiger partial charge in [-0.3, -0.25) is 4.79 Å². The number of unbranched alkanes of at least 4 members (excludes halogenated alkanes) is 17. The predicted molar refractivity (Wildman–Crippen MR) is 126 cm³/mol. The maximum Gasteiger partial charge on any atom is 0.345 e. The Morgan fingerprint density at radius 1 is 0.600 bits per heavy atom. The average Bonchev–Trinajstić information content (AvgIpc) is 2.72. The summed E-state index contributed by atoms with van der Waals surface area (Å²) in [5.41, 5.74) is 0. The molecule has 0 heterocycles. The monoisotopic (exact) mass is 426 g/mol. The summed E-state index contributed by atoms with van der Waals surface area (Å²) in [6, 6.07) is 0. The van der Waals surface area contributed by atoms with E-state index in [1.807, 2.05) is 0 Å². The van der Waals surface area contributed by atoms with Crippen LogP contribution in [0.5, 0.6) is 0 Å². The Morgan fingerprint density at radius 2 is 0.967 bits per heavy atom. The van der Waals surface area contributed by atoms with Crippen LogP contribution >= 0.6 is 0 Å². The molecule has 0 spiro atoms. The van der Waals surface area contributed by atoms with E-state index >= 15 is 0 Å². The average molecular weight is 427 g/mol. The van der Waals surface area contributed by atoms with Crippen LogP contribution in [0.1, 0.15) is 149 Å². The molecule has 30 heavy (non-hydrogen) atoms. The van der Waals surface area contributed by atoms with Gasteiger partial charge in [0.15, 0.2) is 6.10 Å². The molecule has 0 radical (unpaired) electrons. The molecule has 0 saturated carbocycles. The number of carbonyl (C=O) groups excluding carboxylic acids is 1. The molecular weight excluding hydrogens is 376 g/mol. The second kappa shape index (κ2) is 22.6. The summed E-state index contributed by atoms with van der Waals surface area (Å²) >= 11 is 0. The molecule has 0 amide bonds. The van der Waals surface area contributed by atoms with Gasteiger partial charge >= 0.3 is 11.9 Å². The lowest BCUT2D eigenvalue weighted by atomic mass is 10.0. The number of carbonyl (C=O) groups is 2. The molecule has 4 heteroatoms. The number of hydrogen-bond donors (Lipinski definition) is 1. The van der Waals surface area contributed by atoms with Gasteiger partial charge in [0.05, 0.1) is 0 Å². The van der Waals surface area contributed by atoms with Crippen molar-refractivity contribution in [2.75, 3.05) is 0 Å². The number of ether oxygens (including phenoxy) is 1. The number of hydrogen-bond acceptors (Lipinski definition) is 3. The lowest BCUT2D eigenvalue weighted by Gasteiger charge is -2.13. The second-order valence-electron chi connectivity index (χ2n) is 8.87. The fraction of sp³-hybridized carbons (Fsp3) is 0.923. The van der Waals surface area contributed by atoms with Gasteiger partial charge in [0.1, 0.15) is 0 Å². The molecule has 0 rings (SSSR count). The summed E-state index contributed by atoms with van der Waals surface area (Å²) in [5, 5.41) is 9.32. The third kappa shape index (κ3) is 20.2. The van der Waals surface area contributed by atoms with Crippen molar-refractivity contribution in [2.24, 2.45) is 0 Å². The molecule has 0 saturated heterocycles. The van der Waals surface area contributed by atoms with Gasteiger partial charge in [0.25, 0.3) is 0 Å². The molecule has 0 aromatic carbocycles. The molecule has 0 aromatic rings. The molecular formula is C26H50O4. The van der Waals surface area contributed by atoms with E-state index in [-0.39, 0.29) is 5.97 Å². The minimum atomic E-state index is -1.01. The zero-order chi connectivity index (χ0) is 22.3. The first-order valence-electron chi connectivity index (χ1n) is 13.0. The van der Waals surface area contributed by atoms with E-state index in [0.717, 1.165) is 38.5 Å². The number of carboxylic acid groups (broad SMARTS) is 1. The fourth-order valence-electron chi connectivity index (χ4n) is 3.85. The van der Waals surface area contributed by atoms with E-state index in [1.165, 1.54) is 83.5 Å². The molecule has 1 N–H and O–H groups in total. The quantitative estimate of drug-likeness (QED) is 0.132. The van der Waals surface area contributed by atoms with Gasteiger partial charge in [-0.1, -0.05) is 123 Å². The van der Waals surface area contributed by atoms with Gasteiger partial charge in [-0.25, -0.2) is 4.79 Å². The Morgan fingerprint density at radius 3 is 1.37 bits per heavy atom. The van der Waals surface area contributed by atoms with Crippen LogP contribution in [0.4, 0.5) is 0 Å². The van der Waals surface area contributed by atoms with Gasteiger partial charge in [-0.05, 0) is 19.3 Å². The summed E-state index contributed by atoms with van der Waals surface area (Å²) in [6.45, 7) is 4.46. The number of rotatable bonds is 23. The number of esters is 1. The third-order valence-electron chi connectivity index (χ3n) is 5.85. The van der Waals surface area contributed by atoms with Crippen molar-refractivity contribution in [1.29, 1.82) is 0 Å². The highest BCUT2D eigenvalue weighted by Crippen LogP contribution is 2.15. The smallest absolute Gasteiger partial charge is 0.345 e. The van der Waals surface area contributed by atoms with Crippen molar-refractivity contribution >= 4 is 11.9 Å². The van der Waals surface area contributed by atoms with E-state index in [0.29, 0.717) is 12.8 Å². The zero-order valence-electron chi connectivity index (χ0n) is 20.1. The van der Waals surface area contributed by atoms with Crippen LogP contribution in [-0.4, -0.2) is 23.1 Å². The van der Waals surface area contributed by atoms with Gasteiger partial charge < -0.3 is 9.84 Å². The van der Waals surface area contributed by atoms with Crippen LogP contribution in [-0.2, 0) is 14.3 Å². The normalized spacial score (nSPS) is 12.1. The van der Waals surface area contributed by atoms with Crippen molar-refractivity contribution in [2.45, 2.75) is 155 Å². The van der Waals surface area contributed by atoms with Crippen LogP contribution < -0.4 is 0 Å². The SMILES string of the molecule is CCCCCCCCCCCCC(OC(=O)CCCCCCCCCCC)C(=O)O. The maximum atomic E-state index is 12.0. The van der Waals surface area contributed by atoms with Crippen LogP contribution in [0.15, 0.2) is 0 Å². The zero-order valence-corrected chi connectivity index (χ0v) is 20.1. The van der Waals surface area contributed by atoms with E-state index in [9.17, 15) is 14.7 Å². The molecule has 0 bridgehead atoms. The van der Waals surface area contributed by atoms with Crippen LogP contribution in [0, 0.1) is 0 Å². The Kier molecular flexibility index (Phi) is 21.8. The molecule has 0 aliphatic heterocycles. The summed E-state index contributed by atoms with van der Waals surface area (Å²) in [4.78, 5) is 23.3. The summed E-state index contributed by atoms with van der Waals surface area (Å²) < 4.78 is 5.23. The van der Waals surface area contributed by atoms with Crippen molar-refractivity contribution in [3.63, 3.8) is 0 Å². The summed E-state index contributed by atoms with van der Waals surface area (Å²) in [5.74, 6) is -1.36. The van der Waals surface area contributed by atoms with Crippen molar-refractivity contribution in [1.82, 2.24) is 0 Å². The third-order valence-corrected chi connectivity index (χ3v) is 5.85. The van der Waals surface area contributed by atoms with Gasteiger partial charge in [-0.2, -0.15) is 0 Å². The minimum Gasteiger partial charge on any atom is -0.479 e. The molecule has 0 fully saturated rings. The van der Waals surface area contributed by atoms with Gasteiger partial charge in [0, 0.05) is 6.42 Å². The molecule has 1 unspecified atom stereocenters. The predicted octanol–water partition coefficient (Wildman–Crippen LogP) is 8.21. The van der Waals surface area contributed by atoms with Gasteiger partial charge in [0.2, 0.25) is 0 Å². The lowest BCUT2D eigenvalue weighted by Crippen LogP contribution is -2.27. The van der Waals surface area contributed by atoms with Crippen molar-refractivity contribution in [3.8, 4) is 0 Å². The fourth-order valence-corrected chi connectivity index (χ4v) is 3.85. The highest BCUT2D eigenvalue weighted by molar-refractivity contribution is 5.77. The van der Waals surface area contributed by atoms with Crippen molar-refractivity contribution in [3.05, 3.63) is 0 Å². The van der Waals surface area contributed by atoms with Crippen LogP contribution in [0.2, 0.25) is 0 Å². The highest BCUT2D eigenvalue weighted by Gasteiger charge is 2.21. The van der Waals surface area contributed by atoms with Gasteiger partial charge in [-0.15, -0.1) is 0 Å². The first-order valence-corrected chi connectivity index (χ1v) is 13.0. The van der Waals surface area contributed by atoms with Crippen LogP contribution in [0.3, 0.4) is 0 Å². The molecule has 178 valence electrons. The Balaban J connectivity index is 3.64. The van der Waals surface area contributed by atoms with Crippen LogP contribution in [0.25, 0.3) is 0 Å². The molecule has 4 nitrogen and oxygen atoms in total. The molecule has 1 atom stereocenters. The standard InChI is InChI=1S/C26H50O4/c1-3-5-7-9-11-13-15-16-18-20-22-24(26(28)29)30-25(27)23-21-19-17-14-12-10-8-6-4-2/h24H,3-23H2,1-2H3,(H,28,29). The highest BCUT2D eigenvalue weighted by atomic mass is 16.6. The second-order valence-corrected chi connectivity index (χ2v) is 8.87. The first-order chi connectivity index (χ1) is 14.6. The number of aliphatic carboxylic acids is 1. The van der Waals surface area contributed by atoms with Crippen molar-refractivity contribution < 1.29 is 19.4 Å². The Labute approximate surface area is 186 Å². The maximum absolute atomic E-state index is 12.0. The van der Waals surface area contributed by atoms with E-state index < -0.39 is 12.1 Å². The lowest BCUT2D eigenvalue weighted by molar-refractivity contribution is -0.164. The Bertz CT molecular complexity index is 394. The van der Waals surface area contributed by atoms with E-state index in [4.69, 9.17) is 4.74 Å². The molecule has 0 aromatic heterocycles. The first kappa shape index (κ1) is 28.9. The topological polar surface area (TPSA) is 63.6 Å². The minimum absolute atomic E-state index is 0.345. The number of carboxylic acids is 1. The summed E-state index contributed by atoms with van der Waals surface area (Å²) in [7, 11) is 0. The Hall–Kier alpha value is -1.06. The molecule has 0 aliphatic carbocycles. The molecule has 0 aliphatic rings. The summed E-state index contributed by atoms with van der Waals surface area (Å²) in [6.07, 6.45) is 22.7. The van der Waals surface area contributed by atoms with E-state index in [1.54, 1.807) is 0 Å².